The van der Waals surface area contributed by atoms with Gasteiger partial charge in [0.1, 0.15) is 5.75 Å². The Balaban J connectivity index is 1.78. The molecule has 1 aromatic rings. The lowest BCUT2D eigenvalue weighted by atomic mass is 9.92. The van der Waals surface area contributed by atoms with E-state index < -0.39 is 0 Å². The molecule has 4 unspecified atom stereocenters. The topological polar surface area (TPSA) is 21.3 Å². The van der Waals surface area contributed by atoms with Gasteiger partial charge in [-0.25, -0.2) is 0 Å². The average molecular weight is 231 g/mol. The molecule has 92 valence electrons. The van der Waals surface area contributed by atoms with Gasteiger partial charge in [0.15, 0.2) is 0 Å². The largest absolute Gasteiger partial charge is 0.493 e. The maximum atomic E-state index is 5.78. The highest BCUT2D eigenvalue weighted by Gasteiger charge is 2.39. The Bertz CT molecular complexity index is 404. The number of ether oxygens (including phenoxy) is 1. The van der Waals surface area contributed by atoms with E-state index in [0.29, 0.717) is 12.0 Å². The fourth-order valence-electron chi connectivity index (χ4n) is 2.88. The number of para-hydroxylation sites is 1. The van der Waals surface area contributed by atoms with Crippen LogP contribution in [-0.2, 0) is 0 Å². The van der Waals surface area contributed by atoms with Crippen LogP contribution in [-0.4, -0.2) is 12.6 Å². The lowest BCUT2D eigenvalue weighted by molar-refractivity contribution is 0.186. The van der Waals surface area contributed by atoms with E-state index in [0.717, 1.165) is 24.3 Å². The third-order valence-corrected chi connectivity index (χ3v) is 4.17. The van der Waals surface area contributed by atoms with E-state index in [1.165, 1.54) is 18.4 Å². The molecule has 1 fully saturated rings. The normalized spacial score (nSPS) is 34.9. The fraction of sp³-hybridized carbons (Fsp3) is 0.600. The summed E-state index contributed by atoms with van der Waals surface area (Å²) >= 11 is 0. The minimum atomic E-state index is 0.474. The van der Waals surface area contributed by atoms with Crippen molar-refractivity contribution in [1.29, 1.82) is 0 Å². The second-order valence-electron chi connectivity index (χ2n) is 5.48. The second-order valence-corrected chi connectivity index (χ2v) is 5.48. The van der Waals surface area contributed by atoms with Crippen molar-refractivity contribution in [3.63, 3.8) is 0 Å². The van der Waals surface area contributed by atoms with Crippen LogP contribution in [0, 0.1) is 11.8 Å². The predicted molar refractivity (Wildman–Crippen MR) is 69.2 cm³/mol. The van der Waals surface area contributed by atoms with Crippen LogP contribution in [0.15, 0.2) is 24.3 Å². The molecule has 2 aliphatic rings. The van der Waals surface area contributed by atoms with E-state index >= 15 is 0 Å². The maximum absolute atomic E-state index is 5.78. The number of hydrogen-bond acceptors (Lipinski definition) is 2. The van der Waals surface area contributed by atoms with Gasteiger partial charge in [-0.15, -0.1) is 0 Å². The molecule has 1 saturated carbocycles. The summed E-state index contributed by atoms with van der Waals surface area (Å²) < 4.78 is 5.78. The summed E-state index contributed by atoms with van der Waals surface area (Å²) in [6, 6.07) is 9.66. The molecule has 4 atom stereocenters. The number of nitrogens with one attached hydrogen (secondary N) is 1. The van der Waals surface area contributed by atoms with Crippen molar-refractivity contribution in [3.05, 3.63) is 29.8 Å². The molecule has 0 radical (unpaired) electrons. The van der Waals surface area contributed by atoms with Crippen LogP contribution in [0.5, 0.6) is 5.75 Å². The Kier molecular flexibility index (Phi) is 2.83. The van der Waals surface area contributed by atoms with Crippen LogP contribution < -0.4 is 10.1 Å². The zero-order chi connectivity index (χ0) is 11.8. The first-order chi connectivity index (χ1) is 8.29. The molecular weight excluding hydrogens is 210 g/mol. The minimum absolute atomic E-state index is 0.474. The van der Waals surface area contributed by atoms with E-state index in [2.05, 4.69) is 43.4 Å². The summed E-state index contributed by atoms with van der Waals surface area (Å²) in [5.74, 6) is 2.53. The lowest BCUT2D eigenvalue weighted by Crippen LogP contribution is -2.35. The van der Waals surface area contributed by atoms with E-state index in [9.17, 15) is 0 Å². The zero-order valence-electron chi connectivity index (χ0n) is 10.6. The van der Waals surface area contributed by atoms with Gasteiger partial charge < -0.3 is 10.1 Å². The van der Waals surface area contributed by atoms with Gasteiger partial charge in [0.05, 0.1) is 6.61 Å². The molecule has 0 spiro atoms. The molecule has 3 rings (SSSR count). The van der Waals surface area contributed by atoms with Crippen LogP contribution >= 0.6 is 0 Å². The molecule has 1 aliphatic carbocycles. The van der Waals surface area contributed by atoms with Crippen molar-refractivity contribution in [2.24, 2.45) is 11.8 Å². The number of rotatable bonds is 3. The summed E-state index contributed by atoms with van der Waals surface area (Å²) in [4.78, 5) is 0. The Hall–Kier alpha value is -1.02. The van der Waals surface area contributed by atoms with Gasteiger partial charge in [0.2, 0.25) is 0 Å². The van der Waals surface area contributed by atoms with Gasteiger partial charge in [-0.1, -0.05) is 38.5 Å². The molecule has 1 heterocycles. The highest BCUT2D eigenvalue weighted by atomic mass is 16.5. The van der Waals surface area contributed by atoms with Crippen molar-refractivity contribution in [2.75, 3.05) is 6.61 Å². The third-order valence-electron chi connectivity index (χ3n) is 4.17. The lowest BCUT2D eigenvalue weighted by Gasteiger charge is -2.32. The second kappa shape index (κ2) is 4.34. The number of fused-ring (bicyclic) bond motifs is 1. The molecule has 1 aromatic carbocycles. The Morgan fingerprint density at radius 1 is 1.35 bits per heavy atom. The Morgan fingerprint density at radius 2 is 2.18 bits per heavy atom. The summed E-state index contributed by atoms with van der Waals surface area (Å²) in [6.07, 6.45) is 2.65. The van der Waals surface area contributed by atoms with Crippen LogP contribution in [0.4, 0.5) is 0 Å². The standard InChI is InChI=1S/C15H21NO/c1-3-11-8-13(11)16-15-10(2)9-17-14-7-5-4-6-12(14)15/h4-7,10-11,13,15-16H,3,8-9H2,1-2H3. The summed E-state index contributed by atoms with van der Waals surface area (Å²) in [6.45, 7) is 5.39. The zero-order valence-corrected chi connectivity index (χ0v) is 10.6. The SMILES string of the molecule is CCC1CC1NC1c2ccccc2OCC1C. The first-order valence-electron chi connectivity index (χ1n) is 6.77. The van der Waals surface area contributed by atoms with Gasteiger partial charge in [-0.2, -0.15) is 0 Å². The summed E-state index contributed by atoms with van der Waals surface area (Å²) in [5, 5.41) is 3.82. The molecule has 2 heteroatoms. The number of benzene rings is 1. The van der Waals surface area contributed by atoms with Crippen molar-refractivity contribution < 1.29 is 4.74 Å². The first-order valence-corrected chi connectivity index (χ1v) is 6.77. The fourth-order valence-corrected chi connectivity index (χ4v) is 2.88. The smallest absolute Gasteiger partial charge is 0.124 e. The molecule has 0 aromatic heterocycles. The van der Waals surface area contributed by atoms with E-state index in [1.807, 2.05) is 0 Å². The van der Waals surface area contributed by atoms with Crippen molar-refractivity contribution in [1.82, 2.24) is 5.32 Å². The Labute approximate surface area is 103 Å². The van der Waals surface area contributed by atoms with Crippen molar-refractivity contribution in [2.45, 2.75) is 38.8 Å². The molecule has 0 amide bonds. The van der Waals surface area contributed by atoms with Crippen LogP contribution in [0.3, 0.4) is 0 Å². The monoisotopic (exact) mass is 231 g/mol. The molecule has 2 nitrogen and oxygen atoms in total. The summed E-state index contributed by atoms with van der Waals surface area (Å²) in [5.41, 5.74) is 1.34. The molecular formula is C15H21NO. The highest BCUT2D eigenvalue weighted by molar-refractivity contribution is 5.38. The number of hydrogen-bond donors (Lipinski definition) is 1. The van der Waals surface area contributed by atoms with Gasteiger partial charge in [0.25, 0.3) is 0 Å². The Morgan fingerprint density at radius 3 is 2.94 bits per heavy atom. The van der Waals surface area contributed by atoms with Gasteiger partial charge in [-0.3, -0.25) is 0 Å². The van der Waals surface area contributed by atoms with Gasteiger partial charge in [0, 0.05) is 23.6 Å². The van der Waals surface area contributed by atoms with Crippen LogP contribution in [0.25, 0.3) is 0 Å². The highest BCUT2D eigenvalue weighted by Crippen LogP contribution is 2.40. The quantitative estimate of drug-likeness (QED) is 0.863. The predicted octanol–water partition coefficient (Wildman–Crippen LogP) is 3.14. The molecule has 17 heavy (non-hydrogen) atoms. The minimum Gasteiger partial charge on any atom is -0.493 e. The van der Waals surface area contributed by atoms with Crippen molar-refractivity contribution >= 4 is 0 Å². The third kappa shape index (κ3) is 2.06. The first kappa shape index (κ1) is 11.1. The molecule has 0 bridgehead atoms. The molecule has 1 aliphatic heterocycles. The van der Waals surface area contributed by atoms with E-state index in [1.54, 1.807) is 0 Å². The molecule has 1 N–H and O–H groups in total. The molecule has 0 saturated heterocycles. The average Bonchev–Trinajstić information content (AvgIpc) is 3.11. The van der Waals surface area contributed by atoms with Crippen molar-refractivity contribution in [3.8, 4) is 5.75 Å². The van der Waals surface area contributed by atoms with E-state index in [-0.39, 0.29) is 0 Å². The van der Waals surface area contributed by atoms with Gasteiger partial charge >= 0.3 is 0 Å². The van der Waals surface area contributed by atoms with Crippen LogP contribution in [0.2, 0.25) is 0 Å². The summed E-state index contributed by atoms with van der Waals surface area (Å²) in [7, 11) is 0. The van der Waals surface area contributed by atoms with E-state index in [4.69, 9.17) is 4.74 Å². The maximum Gasteiger partial charge on any atom is 0.124 e. The van der Waals surface area contributed by atoms with Crippen LogP contribution in [0.1, 0.15) is 38.3 Å². The van der Waals surface area contributed by atoms with Gasteiger partial charge in [-0.05, 0) is 18.4 Å².